The van der Waals surface area contributed by atoms with Gasteiger partial charge in [-0.2, -0.15) is 0 Å². The van der Waals surface area contributed by atoms with E-state index in [0.29, 0.717) is 12.0 Å². The molecule has 0 heterocycles. The summed E-state index contributed by atoms with van der Waals surface area (Å²) in [6, 6.07) is 6.76. The average Bonchev–Trinajstić information content (AvgIpc) is 2.38. The molecular formula is C18H29NO. The van der Waals surface area contributed by atoms with Crippen molar-refractivity contribution in [2.75, 3.05) is 7.11 Å². The number of rotatable bonds is 3. The van der Waals surface area contributed by atoms with Crippen molar-refractivity contribution in [3.05, 3.63) is 29.3 Å². The zero-order chi connectivity index (χ0) is 14.9. The Hall–Kier alpha value is -1.02. The monoisotopic (exact) mass is 275 g/mol. The quantitative estimate of drug-likeness (QED) is 0.903. The number of hydrogen-bond acceptors (Lipinski definition) is 2. The van der Waals surface area contributed by atoms with Gasteiger partial charge in [0.2, 0.25) is 0 Å². The third-order valence-electron chi connectivity index (χ3n) is 5.14. The Morgan fingerprint density at radius 2 is 1.95 bits per heavy atom. The lowest BCUT2D eigenvalue weighted by atomic mass is 9.63. The first-order valence-electron chi connectivity index (χ1n) is 7.77. The van der Waals surface area contributed by atoms with E-state index in [1.807, 2.05) is 0 Å². The summed E-state index contributed by atoms with van der Waals surface area (Å²) < 4.78 is 5.59. The molecule has 1 aliphatic rings. The molecule has 1 aromatic carbocycles. The normalized spacial score (nSPS) is 27.4. The van der Waals surface area contributed by atoms with Gasteiger partial charge in [-0.15, -0.1) is 0 Å². The van der Waals surface area contributed by atoms with E-state index in [9.17, 15) is 0 Å². The minimum Gasteiger partial charge on any atom is -0.496 e. The third-order valence-corrected chi connectivity index (χ3v) is 5.14. The predicted octanol–water partition coefficient (Wildman–Crippen LogP) is 4.04. The second-order valence-corrected chi connectivity index (χ2v) is 7.11. The van der Waals surface area contributed by atoms with E-state index in [2.05, 4.69) is 45.9 Å². The van der Waals surface area contributed by atoms with E-state index in [1.54, 1.807) is 7.11 Å². The van der Waals surface area contributed by atoms with E-state index < -0.39 is 0 Å². The summed E-state index contributed by atoms with van der Waals surface area (Å²) in [5, 5.41) is 0. The molecule has 3 atom stereocenters. The predicted molar refractivity (Wildman–Crippen MR) is 85.2 cm³/mol. The first-order valence-corrected chi connectivity index (χ1v) is 7.77. The Morgan fingerprint density at radius 1 is 1.25 bits per heavy atom. The maximum absolute atomic E-state index is 6.48. The van der Waals surface area contributed by atoms with Crippen molar-refractivity contribution < 1.29 is 4.74 Å². The third kappa shape index (κ3) is 2.85. The van der Waals surface area contributed by atoms with E-state index in [1.165, 1.54) is 24.0 Å². The summed E-state index contributed by atoms with van der Waals surface area (Å²) in [5.74, 6) is 2.28. The second kappa shape index (κ2) is 5.77. The molecule has 112 valence electrons. The van der Waals surface area contributed by atoms with Crippen molar-refractivity contribution >= 4 is 0 Å². The van der Waals surface area contributed by atoms with E-state index >= 15 is 0 Å². The smallest absolute Gasteiger partial charge is 0.122 e. The molecule has 0 amide bonds. The summed E-state index contributed by atoms with van der Waals surface area (Å²) in [5.41, 5.74) is 9.12. The minimum absolute atomic E-state index is 0.0525. The zero-order valence-corrected chi connectivity index (χ0v) is 13.6. The highest BCUT2D eigenvalue weighted by Crippen LogP contribution is 2.44. The van der Waals surface area contributed by atoms with Crippen LogP contribution in [-0.4, -0.2) is 13.2 Å². The zero-order valence-electron chi connectivity index (χ0n) is 13.6. The molecule has 1 fully saturated rings. The molecule has 20 heavy (non-hydrogen) atoms. The van der Waals surface area contributed by atoms with E-state index in [-0.39, 0.29) is 5.41 Å². The van der Waals surface area contributed by atoms with Crippen LogP contribution in [0.25, 0.3) is 0 Å². The van der Waals surface area contributed by atoms with Gasteiger partial charge in [-0.1, -0.05) is 44.9 Å². The highest BCUT2D eigenvalue weighted by Gasteiger charge is 2.39. The summed E-state index contributed by atoms with van der Waals surface area (Å²) in [4.78, 5) is 0. The van der Waals surface area contributed by atoms with Gasteiger partial charge in [0.15, 0.2) is 0 Å². The SMILES string of the molecule is COc1ccc(C)cc1C(C)(C)C1CCC(C)CC1N. The number of nitrogens with two attached hydrogens (primary N) is 1. The van der Waals surface area contributed by atoms with Crippen LogP contribution in [0, 0.1) is 18.8 Å². The maximum Gasteiger partial charge on any atom is 0.122 e. The number of hydrogen-bond donors (Lipinski definition) is 1. The van der Waals surface area contributed by atoms with Crippen molar-refractivity contribution in [3.8, 4) is 5.75 Å². The van der Waals surface area contributed by atoms with Gasteiger partial charge in [0, 0.05) is 11.6 Å². The molecule has 2 N–H and O–H groups in total. The molecule has 0 aromatic heterocycles. The average molecular weight is 275 g/mol. The van der Waals surface area contributed by atoms with Crippen LogP contribution in [-0.2, 0) is 5.41 Å². The first-order chi connectivity index (χ1) is 9.36. The number of aryl methyl sites for hydroxylation is 1. The maximum atomic E-state index is 6.48. The van der Waals surface area contributed by atoms with E-state index in [4.69, 9.17) is 10.5 Å². The number of benzene rings is 1. The van der Waals surface area contributed by atoms with Crippen molar-refractivity contribution in [2.45, 2.75) is 58.4 Å². The second-order valence-electron chi connectivity index (χ2n) is 7.11. The molecule has 0 saturated heterocycles. The Labute approximate surface area is 123 Å². The lowest BCUT2D eigenvalue weighted by molar-refractivity contribution is 0.168. The summed E-state index contributed by atoms with van der Waals surface area (Å²) in [6.45, 7) is 9.10. The number of methoxy groups -OCH3 is 1. The van der Waals surface area contributed by atoms with Crippen LogP contribution in [0.15, 0.2) is 18.2 Å². The first kappa shape index (κ1) is 15.4. The van der Waals surface area contributed by atoms with Gasteiger partial charge in [0.25, 0.3) is 0 Å². The fourth-order valence-electron chi connectivity index (χ4n) is 3.85. The highest BCUT2D eigenvalue weighted by atomic mass is 16.5. The summed E-state index contributed by atoms with van der Waals surface area (Å²) in [6.07, 6.45) is 3.64. The molecule has 2 nitrogen and oxygen atoms in total. The van der Waals surface area contributed by atoms with Crippen LogP contribution in [0.5, 0.6) is 5.75 Å². The van der Waals surface area contributed by atoms with Gasteiger partial charge in [-0.05, 0) is 43.1 Å². The highest BCUT2D eigenvalue weighted by molar-refractivity contribution is 5.42. The molecule has 3 unspecified atom stereocenters. The van der Waals surface area contributed by atoms with Crippen LogP contribution >= 0.6 is 0 Å². The van der Waals surface area contributed by atoms with E-state index in [0.717, 1.165) is 18.1 Å². The van der Waals surface area contributed by atoms with Gasteiger partial charge < -0.3 is 10.5 Å². The van der Waals surface area contributed by atoms with Gasteiger partial charge in [-0.25, -0.2) is 0 Å². The largest absolute Gasteiger partial charge is 0.496 e. The van der Waals surface area contributed by atoms with Crippen molar-refractivity contribution in [2.24, 2.45) is 17.6 Å². The van der Waals surface area contributed by atoms with Crippen LogP contribution in [0.3, 0.4) is 0 Å². The van der Waals surface area contributed by atoms with Gasteiger partial charge >= 0.3 is 0 Å². The molecule has 0 aliphatic heterocycles. The van der Waals surface area contributed by atoms with Crippen molar-refractivity contribution in [3.63, 3.8) is 0 Å². The Kier molecular flexibility index (Phi) is 4.43. The Bertz CT molecular complexity index is 466. The Balaban J connectivity index is 2.36. The topological polar surface area (TPSA) is 35.2 Å². The van der Waals surface area contributed by atoms with Crippen LogP contribution < -0.4 is 10.5 Å². The van der Waals surface area contributed by atoms with Crippen LogP contribution in [0.1, 0.15) is 51.2 Å². The molecule has 0 bridgehead atoms. The van der Waals surface area contributed by atoms with Gasteiger partial charge in [-0.3, -0.25) is 0 Å². The molecule has 1 aliphatic carbocycles. The number of ether oxygens (including phenoxy) is 1. The molecule has 0 spiro atoms. The molecule has 1 saturated carbocycles. The van der Waals surface area contributed by atoms with Crippen molar-refractivity contribution in [1.82, 2.24) is 0 Å². The fraction of sp³-hybridized carbons (Fsp3) is 0.667. The van der Waals surface area contributed by atoms with Gasteiger partial charge in [0.1, 0.15) is 5.75 Å². The van der Waals surface area contributed by atoms with Crippen molar-refractivity contribution in [1.29, 1.82) is 0 Å². The minimum atomic E-state index is 0.0525. The molecule has 0 radical (unpaired) electrons. The van der Waals surface area contributed by atoms with Crippen LogP contribution in [0.2, 0.25) is 0 Å². The summed E-state index contributed by atoms with van der Waals surface area (Å²) in [7, 11) is 1.76. The lowest BCUT2D eigenvalue weighted by Crippen LogP contribution is -2.45. The Morgan fingerprint density at radius 3 is 2.55 bits per heavy atom. The molecular weight excluding hydrogens is 246 g/mol. The molecule has 2 heteroatoms. The van der Waals surface area contributed by atoms with Gasteiger partial charge in [0.05, 0.1) is 7.11 Å². The molecule has 2 rings (SSSR count). The van der Waals surface area contributed by atoms with Crippen LogP contribution in [0.4, 0.5) is 0 Å². The summed E-state index contributed by atoms with van der Waals surface area (Å²) >= 11 is 0. The molecule has 1 aromatic rings. The fourth-order valence-corrected chi connectivity index (χ4v) is 3.85. The lowest BCUT2D eigenvalue weighted by Gasteiger charge is -2.43. The standard InChI is InChI=1S/C18H29NO/c1-12-7-9-17(20-5)15(10-12)18(3,4)14-8-6-13(2)11-16(14)19/h7,9-10,13-14,16H,6,8,11,19H2,1-5H3.